The first-order valence-electron chi connectivity index (χ1n) is 7.31. The van der Waals surface area contributed by atoms with E-state index >= 15 is 0 Å². The minimum absolute atomic E-state index is 0.289. The van der Waals surface area contributed by atoms with Gasteiger partial charge in [0.2, 0.25) is 0 Å². The third kappa shape index (κ3) is 4.17. The van der Waals surface area contributed by atoms with Crippen molar-refractivity contribution in [1.29, 1.82) is 0 Å². The van der Waals surface area contributed by atoms with Gasteiger partial charge in [-0.15, -0.1) is 0 Å². The lowest BCUT2D eigenvalue weighted by Gasteiger charge is -2.18. The standard InChI is InChI=1S/C17H25NO/c1-17(2,3)9-4-5-16(19)14-7-6-13-8-10-18-12-15(13)11-14/h6-7,11,18H,4-5,8-10,12H2,1-3H3. The summed E-state index contributed by atoms with van der Waals surface area (Å²) in [7, 11) is 0. The molecule has 1 heterocycles. The molecule has 0 amide bonds. The SMILES string of the molecule is CC(C)(C)CCCC(=O)c1ccc2c(c1)CNCC2. The van der Waals surface area contributed by atoms with E-state index in [-0.39, 0.29) is 5.78 Å². The van der Waals surface area contributed by atoms with Gasteiger partial charge < -0.3 is 5.32 Å². The maximum absolute atomic E-state index is 12.2. The molecule has 0 radical (unpaired) electrons. The molecule has 1 aliphatic heterocycles. The number of nitrogens with one attached hydrogen (secondary N) is 1. The van der Waals surface area contributed by atoms with Crippen LogP contribution in [0.4, 0.5) is 0 Å². The molecule has 0 spiro atoms. The first kappa shape index (κ1) is 14.3. The fraction of sp³-hybridized carbons (Fsp3) is 0.588. The van der Waals surface area contributed by atoms with Crippen molar-refractivity contribution in [1.82, 2.24) is 5.32 Å². The van der Waals surface area contributed by atoms with E-state index in [9.17, 15) is 4.79 Å². The number of ketones is 1. The molecule has 0 unspecified atom stereocenters. The van der Waals surface area contributed by atoms with E-state index in [1.54, 1.807) is 0 Å². The summed E-state index contributed by atoms with van der Waals surface area (Å²) in [6.45, 7) is 8.62. The summed E-state index contributed by atoms with van der Waals surface area (Å²) in [4.78, 5) is 12.2. The summed E-state index contributed by atoms with van der Waals surface area (Å²) < 4.78 is 0. The Balaban J connectivity index is 1.96. The quantitative estimate of drug-likeness (QED) is 0.835. The van der Waals surface area contributed by atoms with Crippen molar-refractivity contribution in [2.45, 2.75) is 53.0 Å². The predicted octanol–water partition coefficient (Wildman–Crippen LogP) is 3.73. The molecule has 1 aromatic rings. The van der Waals surface area contributed by atoms with Crippen LogP contribution in [-0.2, 0) is 13.0 Å². The van der Waals surface area contributed by atoms with Gasteiger partial charge in [-0.05, 0) is 48.4 Å². The van der Waals surface area contributed by atoms with Crippen LogP contribution in [0, 0.1) is 5.41 Å². The number of carbonyl (C=O) groups is 1. The van der Waals surface area contributed by atoms with Gasteiger partial charge in [-0.2, -0.15) is 0 Å². The normalized spacial score (nSPS) is 15.1. The number of fused-ring (bicyclic) bond motifs is 1. The number of hydrogen-bond acceptors (Lipinski definition) is 2. The first-order valence-corrected chi connectivity index (χ1v) is 7.31. The highest BCUT2D eigenvalue weighted by Crippen LogP contribution is 2.23. The maximum atomic E-state index is 12.2. The van der Waals surface area contributed by atoms with Gasteiger partial charge in [0.15, 0.2) is 5.78 Å². The van der Waals surface area contributed by atoms with E-state index in [0.717, 1.165) is 37.9 Å². The molecule has 0 atom stereocenters. The van der Waals surface area contributed by atoms with E-state index in [4.69, 9.17) is 0 Å². The van der Waals surface area contributed by atoms with Crippen molar-refractivity contribution < 1.29 is 4.79 Å². The maximum Gasteiger partial charge on any atom is 0.162 e. The topological polar surface area (TPSA) is 29.1 Å². The lowest BCUT2D eigenvalue weighted by atomic mass is 9.88. The van der Waals surface area contributed by atoms with E-state index in [1.165, 1.54) is 11.1 Å². The van der Waals surface area contributed by atoms with Crippen LogP contribution in [-0.4, -0.2) is 12.3 Å². The first-order chi connectivity index (χ1) is 8.96. The number of benzene rings is 1. The molecule has 2 rings (SSSR count). The zero-order valence-electron chi connectivity index (χ0n) is 12.4. The monoisotopic (exact) mass is 259 g/mol. The number of carbonyl (C=O) groups excluding carboxylic acids is 1. The summed E-state index contributed by atoms with van der Waals surface area (Å²) in [6, 6.07) is 6.22. The second-order valence-corrected chi connectivity index (χ2v) is 6.75. The molecule has 2 nitrogen and oxygen atoms in total. The minimum atomic E-state index is 0.289. The third-order valence-corrected chi connectivity index (χ3v) is 3.75. The van der Waals surface area contributed by atoms with Crippen molar-refractivity contribution in [3.8, 4) is 0 Å². The Morgan fingerprint density at radius 1 is 1.26 bits per heavy atom. The van der Waals surface area contributed by atoms with Gasteiger partial charge in [0.25, 0.3) is 0 Å². The van der Waals surface area contributed by atoms with Crippen LogP contribution in [0.15, 0.2) is 18.2 Å². The Bertz CT molecular complexity index is 457. The van der Waals surface area contributed by atoms with Gasteiger partial charge in [0.1, 0.15) is 0 Å². The van der Waals surface area contributed by atoms with E-state index in [1.807, 2.05) is 6.07 Å². The van der Waals surface area contributed by atoms with Crippen LogP contribution in [0.1, 0.15) is 61.5 Å². The molecule has 104 valence electrons. The lowest BCUT2D eigenvalue weighted by molar-refractivity contribution is 0.0976. The van der Waals surface area contributed by atoms with Crippen molar-refractivity contribution in [2.75, 3.05) is 6.54 Å². The highest BCUT2D eigenvalue weighted by atomic mass is 16.1. The average molecular weight is 259 g/mol. The Kier molecular flexibility index (Phi) is 4.41. The number of Topliss-reactive ketones (excluding diaryl/α,β-unsaturated/α-hetero) is 1. The largest absolute Gasteiger partial charge is 0.312 e. The van der Waals surface area contributed by atoms with E-state index in [0.29, 0.717) is 11.8 Å². The molecule has 0 saturated carbocycles. The van der Waals surface area contributed by atoms with Crippen molar-refractivity contribution in [3.63, 3.8) is 0 Å². The summed E-state index contributed by atoms with van der Waals surface area (Å²) in [5, 5.41) is 3.36. The van der Waals surface area contributed by atoms with Crippen LogP contribution >= 0.6 is 0 Å². The van der Waals surface area contributed by atoms with Crippen LogP contribution in [0.2, 0.25) is 0 Å². The third-order valence-electron chi connectivity index (χ3n) is 3.75. The number of rotatable bonds is 4. The molecule has 1 aromatic carbocycles. The summed E-state index contributed by atoms with van der Waals surface area (Å²) in [6.07, 6.45) is 3.83. The summed E-state index contributed by atoms with van der Waals surface area (Å²) in [5.41, 5.74) is 3.90. The van der Waals surface area contributed by atoms with Crippen molar-refractivity contribution in [3.05, 3.63) is 34.9 Å². The van der Waals surface area contributed by atoms with Crippen LogP contribution in [0.25, 0.3) is 0 Å². The fourth-order valence-electron chi connectivity index (χ4n) is 2.58. The molecule has 19 heavy (non-hydrogen) atoms. The van der Waals surface area contributed by atoms with Gasteiger partial charge in [-0.3, -0.25) is 4.79 Å². The van der Waals surface area contributed by atoms with Gasteiger partial charge in [0.05, 0.1) is 0 Å². The highest BCUT2D eigenvalue weighted by Gasteiger charge is 2.14. The minimum Gasteiger partial charge on any atom is -0.312 e. The zero-order valence-corrected chi connectivity index (χ0v) is 12.4. The molecular formula is C17H25NO. The van der Waals surface area contributed by atoms with E-state index < -0.39 is 0 Å². The van der Waals surface area contributed by atoms with Crippen LogP contribution in [0.3, 0.4) is 0 Å². The Labute approximate surface area is 116 Å². The zero-order chi connectivity index (χ0) is 13.9. The highest BCUT2D eigenvalue weighted by molar-refractivity contribution is 5.96. The Morgan fingerprint density at radius 3 is 2.79 bits per heavy atom. The smallest absolute Gasteiger partial charge is 0.162 e. The average Bonchev–Trinajstić information content (AvgIpc) is 2.36. The molecule has 1 N–H and O–H groups in total. The van der Waals surface area contributed by atoms with Gasteiger partial charge in [-0.25, -0.2) is 0 Å². The molecule has 0 aromatic heterocycles. The van der Waals surface area contributed by atoms with Crippen LogP contribution in [0.5, 0.6) is 0 Å². The number of hydrogen-bond donors (Lipinski definition) is 1. The summed E-state index contributed by atoms with van der Waals surface area (Å²) in [5.74, 6) is 0.289. The van der Waals surface area contributed by atoms with Gasteiger partial charge >= 0.3 is 0 Å². The summed E-state index contributed by atoms with van der Waals surface area (Å²) >= 11 is 0. The second kappa shape index (κ2) is 5.87. The fourth-order valence-corrected chi connectivity index (χ4v) is 2.58. The lowest BCUT2D eigenvalue weighted by Crippen LogP contribution is -2.23. The molecule has 0 fully saturated rings. The molecule has 1 aliphatic rings. The van der Waals surface area contributed by atoms with Crippen molar-refractivity contribution in [2.24, 2.45) is 5.41 Å². The van der Waals surface area contributed by atoms with Crippen LogP contribution < -0.4 is 5.32 Å². The molecule has 0 aliphatic carbocycles. The molecule has 2 heteroatoms. The second-order valence-electron chi connectivity index (χ2n) is 6.75. The van der Waals surface area contributed by atoms with Crippen molar-refractivity contribution >= 4 is 5.78 Å². The Morgan fingerprint density at radius 2 is 2.05 bits per heavy atom. The van der Waals surface area contributed by atoms with E-state index in [2.05, 4.69) is 38.2 Å². The predicted molar refractivity (Wildman–Crippen MR) is 79.5 cm³/mol. The molecular weight excluding hydrogens is 234 g/mol. The molecule has 0 saturated heterocycles. The van der Waals surface area contributed by atoms with Gasteiger partial charge in [0, 0.05) is 18.5 Å². The Hall–Kier alpha value is -1.15. The van der Waals surface area contributed by atoms with Gasteiger partial charge in [-0.1, -0.05) is 32.9 Å². The molecule has 0 bridgehead atoms.